The van der Waals surface area contributed by atoms with E-state index in [1.54, 1.807) is 48.5 Å². The van der Waals surface area contributed by atoms with Crippen LogP contribution < -0.4 is 4.74 Å². The Morgan fingerprint density at radius 1 is 1.13 bits per heavy atom. The zero-order valence-electron chi connectivity index (χ0n) is 16.0. The van der Waals surface area contributed by atoms with E-state index in [2.05, 4.69) is 22.0 Å². The fraction of sp³-hybridized carbons (Fsp3) is 0.0435. The molecule has 0 radical (unpaired) electrons. The van der Waals surface area contributed by atoms with E-state index in [0.29, 0.717) is 26.9 Å². The maximum atomic E-state index is 11.1. The van der Waals surface area contributed by atoms with Crippen molar-refractivity contribution in [1.82, 2.24) is 0 Å². The molecule has 0 amide bonds. The van der Waals surface area contributed by atoms with E-state index in [-0.39, 0.29) is 23.4 Å². The average Bonchev–Trinajstić information content (AvgIpc) is 2.77. The summed E-state index contributed by atoms with van der Waals surface area (Å²) in [6, 6.07) is 19.7. The first-order valence-corrected chi connectivity index (χ1v) is 9.78. The molecule has 0 spiro atoms. The summed E-state index contributed by atoms with van der Waals surface area (Å²) in [5.74, 6) is -0.456. The molecule has 31 heavy (non-hydrogen) atoms. The number of nitriles is 1. The van der Waals surface area contributed by atoms with Gasteiger partial charge in [-0.1, -0.05) is 30.3 Å². The lowest BCUT2D eigenvalue weighted by atomic mass is 10.0. The van der Waals surface area contributed by atoms with Crippen molar-refractivity contribution in [1.29, 1.82) is 5.26 Å². The lowest BCUT2D eigenvalue weighted by molar-refractivity contribution is -0.384. The zero-order chi connectivity index (χ0) is 22.4. The van der Waals surface area contributed by atoms with Gasteiger partial charge < -0.3 is 9.84 Å². The highest BCUT2D eigenvalue weighted by Gasteiger charge is 2.10. The predicted molar refractivity (Wildman–Crippen MR) is 118 cm³/mol. The Hall–Kier alpha value is -3.96. The minimum absolute atomic E-state index is 0.0875. The molecule has 0 aliphatic rings. The monoisotopic (exact) mass is 478 g/mol. The van der Waals surface area contributed by atoms with E-state index in [9.17, 15) is 20.2 Å². The number of rotatable bonds is 7. The number of benzene rings is 3. The van der Waals surface area contributed by atoms with E-state index in [1.165, 1.54) is 24.3 Å². The zero-order valence-corrected chi connectivity index (χ0v) is 17.6. The van der Waals surface area contributed by atoms with Crippen molar-refractivity contribution >= 4 is 39.2 Å². The van der Waals surface area contributed by atoms with Gasteiger partial charge in [-0.3, -0.25) is 10.1 Å². The van der Waals surface area contributed by atoms with Crippen molar-refractivity contribution in [2.45, 2.75) is 6.61 Å². The molecule has 3 aromatic rings. The third-order valence-electron chi connectivity index (χ3n) is 4.32. The summed E-state index contributed by atoms with van der Waals surface area (Å²) in [7, 11) is 0. The van der Waals surface area contributed by atoms with Gasteiger partial charge in [-0.2, -0.15) is 5.26 Å². The Kier molecular flexibility index (Phi) is 6.80. The molecule has 0 atom stereocenters. The van der Waals surface area contributed by atoms with E-state index in [4.69, 9.17) is 9.84 Å². The van der Waals surface area contributed by atoms with Crippen LogP contribution in [0.2, 0.25) is 0 Å². The number of carboxylic acid groups (broad SMARTS) is 1. The fourth-order valence-corrected chi connectivity index (χ4v) is 3.32. The van der Waals surface area contributed by atoms with Crippen molar-refractivity contribution in [2.24, 2.45) is 0 Å². The van der Waals surface area contributed by atoms with Crippen molar-refractivity contribution < 1.29 is 19.6 Å². The summed E-state index contributed by atoms with van der Waals surface area (Å²) in [6.45, 7) is 0.187. The third-order valence-corrected chi connectivity index (χ3v) is 4.94. The van der Waals surface area contributed by atoms with Gasteiger partial charge in [0.25, 0.3) is 5.69 Å². The fourth-order valence-electron chi connectivity index (χ4n) is 2.81. The van der Waals surface area contributed by atoms with E-state index >= 15 is 0 Å². The highest BCUT2D eigenvalue weighted by Crippen LogP contribution is 2.29. The lowest BCUT2D eigenvalue weighted by Crippen LogP contribution is -2.00. The molecule has 154 valence electrons. The van der Waals surface area contributed by atoms with Gasteiger partial charge >= 0.3 is 5.97 Å². The first-order valence-electron chi connectivity index (χ1n) is 8.98. The maximum Gasteiger partial charge on any atom is 0.335 e. The normalized spacial score (nSPS) is 10.9. The maximum absolute atomic E-state index is 11.1. The average molecular weight is 479 g/mol. The van der Waals surface area contributed by atoms with Gasteiger partial charge in [0.15, 0.2) is 0 Å². The van der Waals surface area contributed by atoms with Crippen LogP contribution in [-0.4, -0.2) is 16.0 Å². The molecule has 3 aromatic carbocycles. The molecule has 3 rings (SSSR count). The molecule has 8 heteroatoms. The number of halogens is 1. The quantitative estimate of drug-likeness (QED) is 0.201. The van der Waals surface area contributed by atoms with Crippen LogP contribution in [-0.2, 0) is 6.61 Å². The van der Waals surface area contributed by atoms with Crippen molar-refractivity contribution in [3.8, 4) is 11.8 Å². The summed E-state index contributed by atoms with van der Waals surface area (Å²) in [5.41, 5.74) is 2.26. The van der Waals surface area contributed by atoms with Crippen LogP contribution in [0.5, 0.6) is 5.75 Å². The van der Waals surface area contributed by atoms with Crippen molar-refractivity contribution in [3.05, 3.63) is 104 Å². The number of non-ortho nitro benzene ring substituents is 1. The number of hydrogen-bond donors (Lipinski definition) is 1. The Bertz CT molecular complexity index is 1230. The molecule has 0 aliphatic heterocycles. The van der Waals surface area contributed by atoms with Gasteiger partial charge in [-0.15, -0.1) is 0 Å². The third kappa shape index (κ3) is 5.56. The molecule has 0 aliphatic carbocycles. The Morgan fingerprint density at radius 3 is 2.55 bits per heavy atom. The van der Waals surface area contributed by atoms with E-state index in [0.717, 1.165) is 0 Å². The second kappa shape index (κ2) is 9.69. The van der Waals surface area contributed by atoms with Gasteiger partial charge in [-0.25, -0.2) is 4.79 Å². The molecule has 0 bridgehead atoms. The summed E-state index contributed by atoms with van der Waals surface area (Å²) in [4.78, 5) is 21.5. The molecule has 0 saturated heterocycles. The van der Waals surface area contributed by atoms with Crippen LogP contribution in [0.25, 0.3) is 11.6 Å². The number of nitro groups is 1. The molecule has 0 saturated carbocycles. The van der Waals surface area contributed by atoms with Gasteiger partial charge in [0.2, 0.25) is 0 Å². The molecular formula is C23H15BrN2O5. The molecule has 0 heterocycles. The molecule has 0 fully saturated rings. The number of allylic oxidation sites excluding steroid dienone is 1. The van der Waals surface area contributed by atoms with Gasteiger partial charge in [-0.05, 0) is 63.0 Å². The van der Waals surface area contributed by atoms with Crippen LogP contribution in [0.3, 0.4) is 0 Å². The van der Waals surface area contributed by atoms with Crippen LogP contribution in [0, 0.1) is 21.4 Å². The summed E-state index contributed by atoms with van der Waals surface area (Å²) in [6.07, 6.45) is 1.63. The number of aromatic carboxylic acids is 1. The Morgan fingerprint density at radius 2 is 1.87 bits per heavy atom. The highest BCUT2D eigenvalue weighted by molar-refractivity contribution is 9.10. The standard InChI is InChI=1S/C23H15BrN2O5/c24-21-11-15(9-19(13-25)17-4-2-6-20(12-17)26(29)30)7-8-22(21)31-14-16-3-1-5-18(10-16)23(27)28/h1-12H,14H2,(H,27,28)/b19-9-. The van der Waals surface area contributed by atoms with Crippen LogP contribution in [0.15, 0.2) is 71.2 Å². The van der Waals surface area contributed by atoms with Crippen LogP contribution in [0.4, 0.5) is 5.69 Å². The van der Waals surface area contributed by atoms with E-state index < -0.39 is 10.9 Å². The van der Waals surface area contributed by atoms with Crippen LogP contribution in [0.1, 0.15) is 27.0 Å². The first kappa shape index (κ1) is 21.7. The first-order chi connectivity index (χ1) is 14.9. The van der Waals surface area contributed by atoms with Crippen LogP contribution >= 0.6 is 15.9 Å². The summed E-state index contributed by atoms with van der Waals surface area (Å²) in [5, 5.41) is 29.6. The lowest BCUT2D eigenvalue weighted by Gasteiger charge is -2.10. The molecule has 0 aromatic heterocycles. The SMILES string of the molecule is N#C/C(=C/c1ccc(OCc2cccc(C(=O)O)c2)c(Br)c1)c1cccc([N+](=O)[O-])c1. The van der Waals surface area contributed by atoms with Gasteiger partial charge in [0.05, 0.1) is 26.6 Å². The largest absolute Gasteiger partial charge is 0.488 e. The van der Waals surface area contributed by atoms with Crippen molar-refractivity contribution in [3.63, 3.8) is 0 Å². The minimum Gasteiger partial charge on any atom is -0.488 e. The number of ether oxygens (including phenoxy) is 1. The highest BCUT2D eigenvalue weighted by atomic mass is 79.9. The number of nitro benzene ring substituents is 1. The van der Waals surface area contributed by atoms with Crippen molar-refractivity contribution in [2.75, 3.05) is 0 Å². The molecule has 0 unspecified atom stereocenters. The molecule has 1 N–H and O–H groups in total. The summed E-state index contributed by atoms with van der Waals surface area (Å²) < 4.78 is 6.42. The van der Waals surface area contributed by atoms with E-state index in [1.807, 2.05) is 0 Å². The smallest absolute Gasteiger partial charge is 0.335 e. The number of carbonyl (C=O) groups is 1. The second-order valence-corrected chi connectivity index (χ2v) is 7.32. The van der Waals surface area contributed by atoms with Gasteiger partial charge in [0.1, 0.15) is 12.4 Å². The minimum atomic E-state index is -1.00. The Balaban J connectivity index is 1.79. The molecule has 7 nitrogen and oxygen atoms in total. The number of carboxylic acids is 1. The summed E-state index contributed by atoms with van der Waals surface area (Å²) >= 11 is 3.44. The molecular weight excluding hydrogens is 464 g/mol. The second-order valence-electron chi connectivity index (χ2n) is 6.46. The number of nitrogens with zero attached hydrogens (tertiary/aromatic N) is 2. The Labute approximate surface area is 186 Å². The number of hydrogen-bond acceptors (Lipinski definition) is 5. The predicted octanol–water partition coefficient (Wildman–Crippen LogP) is 5.70. The topological polar surface area (TPSA) is 113 Å². The van der Waals surface area contributed by atoms with Gasteiger partial charge in [0, 0.05) is 12.1 Å².